The quantitative estimate of drug-likeness (QED) is 0.815. The van der Waals surface area contributed by atoms with E-state index in [-0.39, 0.29) is 12.7 Å². The highest BCUT2D eigenvalue weighted by molar-refractivity contribution is 5.92. The lowest BCUT2D eigenvalue weighted by Crippen LogP contribution is -2.36. The molecule has 1 fully saturated rings. The first-order valence-corrected chi connectivity index (χ1v) is 9.38. The Kier molecular flexibility index (Phi) is 5.04. The molecule has 1 aliphatic heterocycles. The van der Waals surface area contributed by atoms with Gasteiger partial charge in [-0.25, -0.2) is 0 Å². The second-order valence-corrected chi connectivity index (χ2v) is 7.09. The lowest BCUT2D eigenvalue weighted by Gasteiger charge is -2.30. The van der Waals surface area contributed by atoms with Gasteiger partial charge in [0.05, 0.1) is 0 Å². The molecular formula is C21H24N2O3. The van der Waals surface area contributed by atoms with Crippen molar-refractivity contribution in [1.29, 1.82) is 0 Å². The summed E-state index contributed by atoms with van der Waals surface area (Å²) in [6.07, 6.45) is 7.92. The van der Waals surface area contributed by atoms with Crippen LogP contribution >= 0.6 is 0 Å². The molecule has 5 nitrogen and oxygen atoms in total. The average molecular weight is 352 g/mol. The SMILES string of the molecule is O=C(c1ccccn1)N(Cc1ccc2c(c1)OCO2)CC1CCCCC1. The molecule has 0 unspecified atom stereocenters. The highest BCUT2D eigenvalue weighted by Crippen LogP contribution is 2.33. The van der Waals surface area contributed by atoms with Crippen molar-refractivity contribution in [2.75, 3.05) is 13.3 Å². The van der Waals surface area contributed by atoms with Gasteiger partial charge < -0.3 is 14.4 Å². The Morgan fingerprint density at radius 1 is 1.08 bits per heavy atom. The van der Waals surface area contributed by atoms with Crippen molar-refractivity contribution in [1.82, 2.24) is 9.88 Å². The van der Waals surface area contributed by atoms with Crippen molar-refractivity contribution in [3.05, 3.63) is 53.9 Å². The summed E-state index contributed by atoms with van der Waals surface area (Å²) in [5.41, 5.74) is 1.55. The van der Waals surface area contributed by atoms with Crippen molar-refractivity contribution < 1.29 is 14.3 Å². The summed E-state index contributed by atoms with van der Waals surface area (Å²) in [6.45, 7) is 1.60. The number of hydrogen-bond acceptors (Lipinski definition) is 4. The zero-order valence-corrected chi connectivity index (χ0v) is 14.9. The van der Waals surface area contributed by atoms with E-state index in [0.29, 0.717) is 18.2 Å². The Bertz CT molecular complexity index is 757. The number of amides is 1. The number of rotatable bonds is 5. The third kappa shape index (κ3) is 3.82. The molecule has 0 spiro atoms. The Labute approximate surface area is 153 Å². The molecule has 1 saturated carbocycles. The van der Waals surface area contributed by atoms with Crippen LogP contribution in [0.3, 0.4) is 0 Å². The molecule has 0 bridgehead atoms. The second-order valence-electron chi connectivity index (χ2n) is 7.09. The van der Waals surface area contributed by atoms with Crippen molar-refractivity contribution in [3.63, 3.8) is 0 Å². The van der Waals surface area contributed by atoms with Gasteiger partial charge in [-0.15, -0.1) is 0 Å². The number of benzene rings is 1. The lowest BCUT2D eigenvalue weighted by molar-refractivity contribution is 0.0693. The number of hydrogen-bond donors (Lipinski definition) is 0. The predicted octanol–water partition coefficient (Wildman–Crippen LogP) is 4.03. The van der Waals surface area contributed by atoms with Crippen molar-refractivity contribution in [3.8, 4) is 11.5 Å². The molecule has 0 radical (unpaired) electrons. The Morgan fingerprint density at radius 2 is 1.92 bits per heavy atom. The molecule has 1 aliphatic carbocycles. The molecule has 136 valence electrons. The summed E-state index contributed by atoms with van der Waals surface area (Å²) >= 11 is 0. The van der Waals surface area contributed by atoms with Crippen LogP contribution in [0.5, 0.6) is 11.5 Å². The number of nitrogens with zero attached hydrogens (tertiary/aromatic N) is 2. The smallest absolute Gasteiger partial charge is 0.272 e. The van der Waals surface area contributed by atoms with Gasteiger partial charge in [0.15, 0.2) is 11.5 Å². The van der Waals surface area contributed by atoms with Crippen LogP contribution in [0.15, 0.2) is 42.6 Å². The topological polar surface area (TPSA) is 51.7 Å². The van der Waals surface area contributed by atoms with Gasteiger partial charge in [0.2, 0.25) is 6.79 Å². The minimum Gasteiger partial charge on any atom is -0.454 e. The molecule has 1 aromatic heterocycles. The number of fused-ring (bicyclic) bond motifs is 1. The highest BCUT2D eigenvalue weighted by Gasteiger charge is 2.23. The zero-order chi connectivity index (χ0) is 17.8. The fraction of sp³-hybridized carbons (Fsp3) is 0.429. The lowest BCUT2D eigenvalue weighted by atomic mass is 9.89. The summed E-state index contributed by atoms with van der Waals surface area (Å²) in [4.78, 5) is 19.3. The number of pyridine rings is 1. The summed E-state index contributed by atoms with van der Waals surface area (Å²) in [6, 6.07) is 11.4. The fourth-order valence-electron chi connectivity index (χ4n) is 3.81. The van der Waals surface area contributed by atoms with Gasteiger partial charge in [0, 0.05) is 19.3 Å². The largest absolute Gasteiger partial charge is 0.454 e. The van der Waals surface area contributed by atoms with E-state index < -0.39 is 0 Å². The van der Waals surface area contributed by atoms with E-state index in [2.05, 4.69) is 4.98 Å². The molecule has 5 heteroatoms. The predicted molar refractivity (Wildman–Crippen MR) is 98.1 cm³/mol. The van der Waals surface area contributed by atoms with Crippen molar-refractivity contribution in [2.45, 2.75) is 38.6 Å². The molecule has 1 aromatic carbocycles. The van der Waals surface area contributed by atoms with Crippen LogP contribution in [-0.4, -0.2) is 29.1 Å². The van der Waals surface area contributed by atoms with Gasteiger partial charge >= 0.3 is 0 Å². The van der Waals surface area contributed by atoms with E-state index in [1.807, 2.05) is 35.2 Å². The standard InChI is InChI=1S/C21H24N2O3/c24-21(18-8-4-5-11-22-18)23(13-16-6-2-1-3-7-16)14-17-9-10-19-20(12-17)26-15-25-19/h4-5,8-12,16H,1-3,6-7,13-15H2. The van der Waals surface area contributed by atoms with Crippen LogP contribution < -0.4 is 9.47 Å². The van der Waals surface area contributed by atoms with Crippen LogP contribution in [0.2, 0.25) is 0 Å². The van der Waals surface area contributed by atoms with Gasteiger partial charge in [-0.2, -0.15) is 0 Å². The third-order valence-corrected chi connectivity index (χ3v) is 5.18. The molecular weight excluding hydrogens is 328 g/mol. The van der Waals surface area contributed by atoms with Crippen LogP contribution in [0.25, 0.3) is 0 Å². The van der Waals surface area contributed by atoms with Crippen molar-refractivity contribution in [2.24, 2.45) is 5.92 Å². The fourth-order valence-corrected chi connectivity index (χ4v) is 3.81. The number of carbonyl (C=O) groups is 1. The first-order valence-electron chi connectivity index (χ1n) is 9.38. The zero-order valence-electron chi connectivity index (χ0n) is 14.9. The average Bonchev–Trinajstić information content (AvgIpc) is 3.16. The molecule has 1 amide bonds. The van der Waals surface area contributed by atoms with E-state index in [4.69, 9.17) is 9.47 Å². The van der Waals surface area contributed by atoms with E-state index in [1.54, 1.807) is 12.3 Å². The van der Waals surface area contributed by atoms with Crippen LogP contribution in [0, 0.1) is 5.92 Å². The molecule has 4 rings (SSSR count). The molecule has 2 heterocycles. The molecule has 2 aromatic rings. The maximum absolute atomic E-state index is 13.1. The highest BCUT2D eigenvalue weighted by atomic mass is 16.7. The van der Waals surface area contributed by atoms with Gasteiger partial charge in [-0.3, -0.25) is 9.78 Å². The molecule has 2 aliphatic rings. The molecule has 0 N–H and O–H groups in total. The van der Waals surface area contributed by atoms with Gasteiger partial charge in [0.1, 0.15) is 5.69 Å². The van der Waals surface area contributed by atoms with Gasteiger partial charge in [0.25, 0.3) is 5.91 Å². The van der Waals surface area contributed by atoms with Crippen LogP contribution in [0.1, 0.15) is 48.2 Å². The van der Waals surface area contributed by atoms with E-state index in [9.17, 15) is 4.79 Å². The van der Waals surface area contributed by atoms with Crippen LogP contribution in [-0.2, 0) is 6.54 Å². The number of aromatic nitrogens is 1. The Hall–Kier alpha value is -2.56. The normalized spacial score (nSPS) is 16.5. The molecule has 26 heavy (non-hydrogen) atoms. The second kappa shape index (κ2) is 7.77. The summed E-state index contributed by atoms with van der Waals surface area (Å²) in [5.74, 6) is 2.09. The Morgan fingerprint density at radius 3 is 2.73 bits per heavy atom. The van der Waals surface area contributed by atoms with E-state index in [0.717, 1.165) is 23.6 Å². The van der Waals surface area contributed by atoms with E-state index >= 15 is 0 Å². The van der Waals surface area contributed by atoms with Gasteiger partial charge in [-0.1, -0.05) is 31.4 Å². The first kappa shape index (κ1) is 16.9. The molecule has 0 atom stereocenters. The summed E-state index contributed by atoms with van der Waals surface area (Å²) in [5, 5.41) is 0. The Balaban J connectivity index is 1.54. The maximum atomic E-state index is 13.1. The molecule has 0 saturated heterocycles. The van der Waals surface area contributed by atoms with Crippen molar-refractivity contribution >= 4 is 5.91 Å². The van der Waals surface area contributed by atoms with E-state index in [1.165, 1.54) is 32.1 Å². The first-order chi connectivity index (χ1) is 12.8. The number of carbonyl (C=O) groups excluding carboxylic acids is 1. The summed E-state index contributed by atoms with van der Waals surface area (Å²) in [7, 11) is 0. The number of ether oxygens (including phenoxy) is 2. The van der Waals surface area contributed by atoms with Gasteiger partial charge in [-0.05, 0) is 48.6 Å². The minimum absolute atomic E-state index is 0.00570. The summed E-state index contributed by atoms with van der Waals surface area (Å²) < 4.78 is 10.9. The monoisotopic (exact) mass is 352 g/mol. The van der Waals surface area contributed by atoms with Crippen LogP contribution in [0.4, 0.5) is 0 Å². The third-order valence-electron chi connectivity index (χ3n) is 5.18. The minimum atomic E-state index is -0.00570. The maximum Gasteiger partial charge on any atom is 0.272 e.